The van der Waals surface area contributed by atoms with Crippen molar-refractivity contribution < 1.29 is 9.53 Å². The fourth-order valence-electron chi connectivity index (χ4n) is 2.24. The number of hydrogen-bond donors (Lipinski definition) is 1. The number of benzene rings is 2. The van der Waals surface area contributed by atoms with Crippen LogP contribution in [0.5, 0.6) is 5.75 Å². The number of nitrogens with one attached hydrogen (secondary N) is 1. The van der Waals surface area contributed by atoms with Gasteiger partial charge in [0.05, 0.1) is 13.7 Å². The Labute approximate surface area is 132 Å². The van der Waals surface area contributed by atoms with E-state index in [9.17, 15) is 4.79 Å². The molecule has 3 heteroatoms. The van der Waals surface area contributed by atoms with Crippen LogP contribution >= 0.6 is 0 Å². The topological polar surface area (TPSA) is 38.3 Å². The molecule has 0 heterocycles. The number of hydrogen-bond acceptors (Lipinski definition) is 3. The highest BCUT2D eigenvalue weighted by Crippen LogP contribution is 2.12. The first-order valence-electron chi connectivity index (χ1n) is 7.54. The summed E-state index contributed by atoms with van der Waals surface area (Å²) >= 11 is 0. The van der Waals surface area contributed by atoms with Gasteiger partial charge in [0.25, 0.3) is 0 Å². The molecule has 22 heavy (non-hydrogen) atoms. The predicted molar refractivity (Wildman–Crippen MR) is 89.8 cm³/mol. The third-order valence-corrected chi connectivity index (χ3v) is 3.86. The van der Waals surface area contributed by atoms with Crippen molar-refractivity contribution in [2.24, 2.45) is 0 Å². The van der Waals surface area contributed by atoms with Crippen molar-refractivity contribution in [3.8, 4) is 5.75 Å². The lowest BCUT2D eigenvalue weighted by molar-refractivity contribution is 0.0991. The summed E-state index contributed by atoms with van der Waals surface area (Å²) in [4.78, 5) is 12.1. The Balaban J connectivity index is 1.77. The molecule has 116 valence electrons. The average Bonchev–Trinajstić information content (AvgIpc) is 2.54. The summed E-state index contributed by atoms with van der Waals surface area (Å²) in [6.45, 7) is 5.24. The summed E-state index contributed by atoms with van der Waals surface area (Å²) < 4.78 is 5.13. The van der Waals surface area contributed by atoms with Crippen LogP contribution in [-0.4, -0.2) is 26.0 Å². The van der Waals surface area contributed by atoms with Gasteiger partial charge in [-0.1, -0.05) is 24.3 Å². The van der Waals surface area contributed by atoms with E-state index in [4.69, 9.17) is 4.74 Å². The van der Waals surface area contributed by atoms with Crippen LogP contribution in [0, 0.1) is 13.8 Å². The summed E-state index contributed by atoms with van der Waals surface area (Å²) in [5.41, 5.74) is 4.38. The van der Waals surface area contributed by atoms with E-state index in [1.165, 1.54) is 11.1 Å². The minimum atomic E-state index is 0.137. The van der Waals surface area contributed by atoms with Crippen LogP contribution in [0.1, 0.15) is 27.0 Å². The van der Waals surface area contributed by atoms with Crippen molar-refractivity contribution in [3.63, 3.8) is 0 Å². The number of methoxy groups -OCH3 is 1. The molecule has 0 amide bonds. The van der Waals surface area contributed by atoms with Gasteiger partial charge in [0.2, 0.25) is 0 Å². The van der Waals surface area contributed by atoms with Gasteiger partial charge < -0.3 is 10.1 Å². The molecule has 0 radical (unpaired) electrons. The zero-order chi connectivity index (χ0) is 15.9. The molecule has 2 aromatic carbocycles. The summed E-state index contributed by atoms with van der Waals surface area (Å²) in [5, 5.41) is 3.21. The average molecular weight is 297 g/mol. The van der Waals surface area contributed by atoms with E-state index in [2.05, 4.69) is 12.2 Å². The molecule has 0 aromatic heterocycles. The Hall–Kier alpha value is -2.13. The Kier molecular flexibility index (Phi) is 5.73. The van der Waals surface area contributed by atoms with Crippen LogP contribution in [0.3, 0.4) is 0 Å². The number of Topliss-reactive ketones (excluding diaryl/α,β-unsaturated/α-hetero) is 1. The van der Waals surface area contributed by atoms with Crippen molar-refractivity contribution in [1.29, 1.82) is 0 Å². The van der Waals surface area contributed by atoms with Gasteiger partial charge in [0, 0.05) is 5.56 Å². The molecule has 1 N–H and O–H groups in total. The maximum absolute atomic E-state index is 12.1. The van der Waals surface area contributed by atoms with Gasteiger partial charge in [0.1, 0.15) is 5.75 Å². The lowest BCUT2D eigenvalue weighted by Gasteiger charge is -2.07. The minimum Gasteiger partial charge on any atom is -0.497 e. The molecule has 0 fully saturated rings. The van der Waals surface area contributed by atoms with Gasteiger partial charge in [-0.15, -0.1) is 0 Å². The monoisotopic (exact) mass is 297 g/mol. The van der Waals surface area contributed by atoms with Gasteiger partial charge >= 0.3 is 0 Å². The Morgan fingerprint density at radius 2 is 1.77 bits per heavy atom. The maximum Gasteiger partial charge on any atom is 0.176 e. The third-order valence-electron chi connectivity index (χ3n) is 3.86. The second kappa shape index (κ2) is 7.76. The molecular formula is C19H23NO2. The molecule has 3 nitrogen and oxygen atoms in total. The van der Waals surface area contributed by atoms with Gasteiger partial charge in [-0.2, -0.15) is 0 Å². The first kappa shape index (κ1) is 16.2. The number of aryl methyl sites for hydroxylation is 2. The van der Waals surface area contributed by atoms with Gasteiger partial charge in [-0.05, 0) is 61.7 Å². The molecule has 0 spiro atoms. The summed E-state index contributed by atoms with van der Waals surface area (Å²) in [6.07, 6.45) is 0.893. The van der Waals surface area contributed by atoms with Crippen molar-refractivity contribution in [3.05, 3.63) is 64.7 Å². The molecule has 0 saturated carbocycles. The molecule has 0 aliphatic rings. The fraction of sp³-hybridized carbons (Fsp3) is 0.316. The van der Waals surface area contributed by atoms with E-state index in [0.29, 0.717) is 6.54 Å². The lowest BCUT2D eigenvalue weighted by atomic mass is 10.0. The van der Waals surface area contributed by atoms with Gasteiger partial charge in [-0.3, -0.25) is 4.79 Å². The lowest BCUT2D eigenvalue weighted by Crippen LogP contribution is -2.25. The van der Waals surface area contributed by atoms with Crippen LogP contribution in [0.2, 0.25) is 0 Å². The van der Waals surface area contributed by atoms with E-state index < -0.39 is 0 Å². The summed E-state index contributed by atoms with van der Waals surface area (Å²) in [7, 11) is 1.66. The molecule has 0 saturated heterocycles. The number of rotatable bonds is 7. The Bertz CT molecular complexity index is 632. The molecule has 2 aromatic rings. The predicted octanol–water partition coefficient (Wildman–Crippen LogP) is 3.33. The number of carbonyl (C=O) groups excluding carboxylic acids is 1. The second-order valence-corrected chi connectivity index (χ2v) is 5.50. The Morgan fingerprint density at radius 3 is 2.41 bits per heavy atom. The summed E-state index contributed by atoms with van der Waals surface area (Å²) in [5.74, 6) is 0.999. The quantitative estimate of drug-likeness (QED) is 0.629. The van der Waals surface area contributed by atoms with Crippen LogP contribution < -0.4 is 10.1 Å². The Morgan fingerprint density at radius 1 is 1.05 bits per heavy atom. The maximum atomic E-state index is 12.1. The smallest absolute Gasteiger partial charge is 0.176 e. The normalized spacial score (nSPS) is 10.5. The highest BCUT2D eigenvalue weighted by atomic mass is 16.5. The second-order valence-electron chi connectivity index (χ2n) is 5.50. The molecule has 0 unspecified atom stereocenters. The first-order valence-corrected chi connectivity index (χ1v) is 7.54. The standard InChI is InChI=1S/C19H23NO2/c1-14-4-7-17(12-15(14)2)19(21)13-20-11-10-16-5-8-18(22-3)9-6-16/h4-9,12,20H,10-11,13H2,1-3H3. The van der Waals surface area contributed by atoms with E-state index in [1.54, 1.807) is 7.11 Å². The third kappa shape index (κ3) is 4.43. The van der Waals surface area contributed by atoms with E-state index in [-0.39, 0.29) is 5.78 Å². The number of carbonyl (C=O) groups is 1. The van der Waals surface area contributed by atoms with E-state index in [0.717, 1.165) is 29.8 Å². The minimum absolute atomic E-state index is 0.137. The van der Waals surface area contributed by atoms with Gasteiger partial charge in [0.15, 0.2) is 5.78 Å². The first-order chi connectivity index (χ1) is 10.6. The molecule has 0 atom stereocenters. The van der Waals surface area contributed by atoms with E-state index >= 15 is 0 Å². The number of ketones is 1. The van der Waals surface area contributed by atoms with Crippen LogP contribution in [0.4, 0.5) is 0 Å². The van der Waals surface area contributed by atoms with Crippen molar-refractivity contribution >= 4 is 5.78 Å². The largest absolute Gasteiger partial charge is 0.497 e. The fourth-order valence-corrected chi connectivity index (χ4v) is 2.24. The molecule has 2 rings (SSSR count). The van der Waals surface area contributed by atoms with Crippen molar-refractivity contribution in [1.82, 2.24) is 5.32 Å². The SMILES string of the molecule is COc1ccc(CCNCC(=O)c2ccc(C)c(C)c2)cc1. The van der Waals surface area contributed by atoms with Crippen LogP contribution in [0.15, 0.2) is 42.5 Å². The van der Waals surface area contributed by atoms with Crippen LogP contribution in [-0.2, 0) is 6.42 Å². The molecule has 0 bridgehead atoms. The van der Waals surface area contributed by atoms with Crippen molar-refractivity contribution in [2.45, 2.75) is 20.3 Å². The highest BCUT2D eigenvalue weighted by molar-refractivity contribution is 5.97. The molecular weight excluding hydrogens is 274 g/mol. The molecule has 0 aliphatic carbocycles. The van der Waals surface area contributed by atoms with Crippen molar-refractivity contribution in [2.75, 3.05) is 20.2 Å². The highest BCUT2D eigenvalue weighted by Gasteiger charge is 2.06. The number of ether oxygens (including phenoxy) is 1. The van der Waals surface area contributed by atoms with Crippen LogP contribution in [0.25, 0.3) is 0 Å². The zero-order valence-corrected chi connectivity index (χ0v) is 13.5. The zero-order valence-electron chi connectivity index (χ0n) is 13.5. The summed E-state index contributed by atoms with van der Waals surface area (Å²) in [6, 6.07) is 13.9. The van der Waals surface area contributed by atoms with E-state index in [1.807, 2.05) is 49.4 Å². The molecule has 0 aliphatic heterocycles. The van der Waals surface area contributed by atoms with Gasteiger partial charge in [-0.25, -0.2) is 0 Å².